The molecule has 2 aliphatic carbocycles. The lowest BCUT2D eigenvalue weighted by atomic mass is 9.80. The average Bonchev–Trinajstić information content (AvgIpc) is 2.97. The van der Waals surface area contributed by atoms with Crippen LogP contribution in [0.5, 0.6) is 0 Å². The molecular weight excluding hydrogens is 316 g/mol. The van der Waals surface area contributed by atoms with E-state index in [-0.39, 0.29) is 29.7 Å². The number of ether oxygens (including phenoxy) is 1. The summed E-state index contributed by atoms with van der Waals surface area (Å²) in [4.78, 5) is 29.9. The molecule has 1 saturated carbocycles. The number of carbonyl (C=O) groups is 2. The first-order valence-electron chi connectivity index (χ1n) is 10.1. The van der Waals surface area contributed by atoms with Gasteiger partial charge in [0.15, 0.2) is 0 Å². The lowest BCUT2D eigenvalue weighted by Gasteiger charge is -2.39. The summed E-state index contributed by atoms with van der Waals surface area (Å²) in [6.45, 7) is 3.33. The Morgan fingerprint density at radius 3 is 2.44 bits per heavy atom. The van der Waals surface area contributed by atoms with Gasteiger partial charge in [0.1, 0.15) is 0 Å². The van der Waals surface area contributed by atoms with Crippen LogP contribution in [0.1, 0.15) is 57.8 Å². The Morgan fingerprint density at radius 1 is 0.920 bits per heavy atom. The third-order valence-corrected chi connectivity index (χ3v) is 6.47. The quantitative estimate of drug-likeness (QED) is 0.737. The first-order chi connectivity index (χ1) is 12.3. The number of likely N-dealkylation sites (tertiary alicyclic amines) is 1. The van der Waals surface area contributed by atoms with E-state index in [4.69, 9.17) is 4.74 Å². The first-order valence-corrected chi connectivity index (χ1v) is 10.1. The van der Waals surface area contributed by atoms with Crippen molar-refractivity contribution in [3.8, 4) is 0 Å². The number of hydrogen-bond acceptors (Lipinski definition) is 4. The van der Waals surface area contributed by atoms with Crippen LogP contribution in [0.3, 0.4) is 0 Å². The summed E-state index contributed by atoms with van der Waals surface area (Å²) < 4.78 is 5.49. The van der Waals surface area contributed by atoms with Crippen molar-refractivity contribution in [2.75, 3.05) is 26.3 Å². The van der Waals surface area contributed by atoms with Gasteiger partial charge < -0.3 is 9.64 Å². The van der Waals surface area contributed by atoms with Gasteiger partial charge >= 0.3 is 0 Å². The highest BCUT2D eigenvalue weighted by Crippen LogP contribution is 2.40. The van der Waals surface area contributed by atoms with Gasteiger partial charge in [0.2, 0.25) is 11.8 Å². The molecule has 2 amide bonds. The minimum Gasteiger partial charge on any atom is -0.378 e. The lowest BCUT2D eigenvalue weighted by molar-refractivity contribution is -0.143. The van der Waals surface area contributed by atoms with Crippen LogP contribution in [0.25, 0.3) is 0 Å². The van der Waals surface area contributed by atoms with Crippen LogP contribution in [0.2, 0.25) is 0 Å². The van der Waals surface area contributed by atoms with E-state index in [9.17, 15) is 9.59 Å². The van der Waals surface area contributed by atoms with Crippen molar-refractivity contribution >= 4 is 11.8 Å². The molecule has 0 unspecified atom stereocenters. The third-order valence-electron chi connectivity index (χ3n) is 6.47. The van der Waals surface area contributed by atoms with Crippen LogP contribution in [0.15, 0.2) is 11.8 Å². The molecule has 0 aromatic carbocycles. The number of morpholine rings is 1. The SMILES string of the molecule is O=C1C[C@@H]([C@H]2CCCC=C2N2CCOCC2)C(=O)N1C1CCCCC1. The molecule has 0 radical (unpaired) electrons. The molecule has 2 heterocycles. The van der Waals surface area contributed by atoms with Gasteiger partial charge in [-0.05, 0) is 32.1 Å². The summed E-state index contributed by atoms with van der Waals surface area (Å²) in [5.41, 5.74) is 1.31. The molecule has 0 N–H and O–H groups in total. The van der Waals surface area contributed by atoms with Crippen LogP contribution >= 0.6 is 0 Å². The highest BCUT2D eigenvalue weighted by Gasteiger charge is 2.47. The smallest absolute Gasteiger partial charge is 0.233 e. The van der Waals surface area contributed by atoms with E-state index in [1.54, 1.807) is 4.90 Å². The van der Waals surface area contributed by atoms with Gasteiger partial charge in [-0.1, -0.05) is 25.3 Å². The molecule has 5 heteroatoms. The maximum absolute atomic E-state index is 13.2. The normalized spacial score (nSPS) is 32.2. The van der Waals surface area contributed by atoms with E-state index in [1.807, 2.05) is 0 Å². The summed E-state index contributed by atoms with van der Waals surface area (Å²) in [5, 5.41) is 0. The molecule has 0 bridgehead atoms. The van der Waals surface area contributed by atoms with Crippen molar-refractivity contribution in [3.05, 3.63) is 11.8 Å². The van der Waals surface area contributed by atoms with Crippen LogP contribution in [0.4, 0.5) is 0 Å². The maximum atomic E-state index is 13.2. The van der Waals surface area contributed by atoms with Gasteiger partial charge in [-0.25, -0.2) is 0 Å². The topological polar surface area (TPSA) is 49.9 Å². The van der Waals surface area contributed by atoms with Crippen molar-refractivity contribution in [1.82, 2.24) is 9.80 Å². The number of imide groups is 1. The Morgan fingerprint density at radius 2 is 1.68 bits per heavy atom. The van der Waals surface area contributed by atoms with E-state index in [2.05, 4.69) is 11.0 Å². The fraction of sp³-hybridized carbons (Fsp3) is 0.800. The Balaban J connectivity index is 1.51. The van der Waals surface area contributed by atoms with Crippen LogP contribution < -0.4 is 0 Å². The summed E-state index contributed by atoms with van der Waals surface area (Å²) in [6, 6.07) is 0.165. The standard InChI is InChI=1S/C20H30N2O3/c23-19-14-17(20(24)22(19)15-6-2-1-3-7-15)16-8-4-5-9-18(16)21-10-12-25-13-11-21/h9,15-17H,1-8,10-14H2/t16-,17+/m1/s1. The third kappa shape index (κ3) is 3.35. The molecule has 2 atom stereocenters. The minimum absolute atomic E-state index is 0.0776. The number of amides is 2. The Hall–Kier alpha value is -1.36. The van der Waals surface area contributed by atoms with Gasteiger partial charge in [-0.3, -0.25) is 14.5 Å². The molecule has 5 nitrogen and oxygen atoms in total. The zero-order chi connectivity index (χ0) is 17.2. The van der Waals surface area contributed by atoms with E-state index in [0.717, 1.165) is 71.2 Å². The second-order valence-electron chi connectivity index (χ2n) is 7.97. The summed E-state index contributed by atoms with van der Waals surface area (Å²) in [5.74, 6) is 0.275. The molecule has 4 aliphatic rings. The van der Waals surface area contributed by atoms with Gasteiger partial charge in [-0.15, -0.1) is 0 Å². The highest BCUT2D eigenvalue weighted by molar-refractivity contribution is 6.04. The number of allylic oxidation sites excluding steroid dienone is 2. The molecule has 0 aromatic heterocycles. The minimum atomic E-state index is -0.135. The van der Waals surface area contributed by atoms with Gasteiger partial charge in [0.25, 0.3) is 0 Å². The Labute approximate surface area is 150 Å². The van der Waals surface area contributed by atoms with Gasteiger partial charge in [0, 0.05) is 37.2 Å². The first kappa shape index (κ1) is 17.1. The van der Waals surface area contributed by atoms with Crippen molar-refractivity contribution in [2.24, 2.45) is 11.8 Å². The Bertz CT molecular complexity index is 547. The van der Waals surface area contributed by atoms with Crippen LogP contribution in [-0.4, -0.2) is 54.0 Å². The number of nitrogens with zero attached hydrogens (tertiary/aromatic N) is 2. The molecule has 25 heavy (non-hydrogen) atoms. The van der Waals surface area contributed by atoms with Crippen LogP contribution in [0, 0.1) is 11.8 Å². The van der Waals surface area contributed by atoms with Crippen molar-refractivity contribution < 1.29 is 14.3 Å². The van der Waals surface area contributed by atoms with E-state index in [1.165, 1.54) is 12.1 Å². The van der Waals surface area contributed by atoms with Gasteiger partial charge in [0.05, 0.1) is 19.1 Å². The van der Waals surface area contributed by atoms with Crippen molar-refractivity contribution in [3.63, 3.8) is 0 Å². The second kappa shape index (κ2) is 7.48. The monoisotopic (exact) mass is 346 g/mol. The second-order valence-corrected chi connectivity index (χ2v) is 7.97. The maximum Gasteiger partial charge on any atom is 0.233 e. The van der Waals surface area contributed by atoms with Crippen molar-refractivity contribution in [1.29, 1.82) is 0 Å². The molecule has 4 rings (SSSR count). The number of carbonyl (C=O) groups excluding carboxylic acids is 2. The molecule has 138 valence electrons. The number of rotatable bonds is 3. The summed E-state index contributed by atoms with van der Waals surface area (Å²) >= 11 is 0. The predicted molar refractivity (Wildman–Crippen MR) is 94.6 cm³/mol. The zero-order valence-electron chi connectivity index (χ0n) is 15.1. The van der Waals surface area contributed by atoms with Crippen molar-refractivity contribution in [2.45, 2.75) is 63.8 Å². The molecular formula is C20H30N2O3. The number of hydrogen-bond donors (Lipinski definition) is 0. The molecule has 0 aromatic rings. The fourth-order valence-corrected chi connectivity index (χ4v) is 5.19. The average molecular weight is 346 g/mol. The molecule has 3 fully saturated rings. The van der Waals surface area contributed by atoms with E-state index < -0.39 is 0 Å². The summed E-state index contributed by atoms with van der Waals surface area (Å²) in [7, 11) is 0. The van der Waals surface area contributed by atoms with Gasteiger partial charge in [-0.2, -0.15) is 0 Å². The lowest BCUT2D eigenvalue weighted by Crippen LogP contribution is -2.44. The predicted octanol–water partition coefficient (Wildman–Crippen LogP) is 2.71. The van der Waals surface area contributed by atoms with Crippen LogP contribution in [-0.2, 0) is 14.3 Å². The zero-order valence-corrected chi connectivity index (χ0v) is 15.1. The largest absolute Gasteiger partial charge is 0.378 e. The molecule has 2 aliphatic heterocycles. The molecule has 0 spiro atoms. The Kier molecular flexibility index (Phi) is 5.11. The fourth-order valence-electron chi connectivity index (χ4n) is 5.19. The summed E-state index contributed by atoms with van der Waals surface area (Å²) in [6.07, 6.45) is 11.5. The van der Waals surface area contributed by atoms with E-state index in [0.29, 0.717) is 6.42 Å². The highest BCUT2D eigenvalue weighted by atomic mass is 16.5. The molecule has 2 saturated heterocycles. The van der Waals surface area contributed by atoms with E-state index >= 15 is 0 Å².